The van der Waals surface area contributed by atoms with E-state index in [2.05, 4.69) is 20.3 Å². The number of nitrogens with two attached hydrogens (primary N) is 1. The number of amides is 1. The Morgan fingerprint density at radius 1 is 1.35 bits per heavy atom. The highest BCUT2D eigenvalue weighted by Crippen LogP contribution is 2.23. The first-order valence-corrected chi connectivity index (χ1v) is 5.73. The number of aromatic nitrogens is 2. The van der Waals surface area contributed by atoms with Gasteiger partial charge in [0.1, 0.15) is 11.5 Å². The smallest absolute Gasteiger partial charge is 0.277 e. The molecule has 0 aliphatic rings. The summed E-state index contributed by atoms with van der Waals surface area (Å²) in [5, 5.41) is 9.42. The van der Waals surface area contributed by atoms with E-state index in [1.165, 1.54) is 0 Å². The molecule has 0 aliphatic heterocycles. The molecule has 1 heterocycles. The van der Waals surface area contributed by atoms with Gasteiger partial charge in [0.05, 0.1) is 14.2 Å². The number of nitrogens with one attached hydrogen (secondary N) is 1. The molecule has 8 heteroatoms. The summed E-state index contributed by atoms with van der Waals surface area (Å²) in [6.07, 6.45) is 0. The number of benzene rings is 1. The Bertz CT molecular complexity index is 611. The normalized spacial score (nSPS) is 10.1. The molecule has 0 saturated carbocycles. The van der Waals surface area contributed by atoms with Crippen LogP contribution in [0.5, 0.6) is 11.5 Å². The molecule has 2 aromatic rings. The van der Waals surface area contributed by atoms with Crippen LogP contribution in [0.25, 0.3) is 0 Å². The van der Waals surface area contributed by atoms with Crippen molar-refractivity contribution in [3.05, 3.63) is 29.5 Å². The van der Waals surface area contributed by atoms with Crippen molar-refractivity contribution >= 4 is 11.7 Å². The van der Waals surface area contributed by atoms with Gasteiger partial charge in [-0.2, -0.15) is 0 Å². The highest BCUT2D eigenvalue weighted by Gasteiger charge is 2.16. The van der Waals surface area contributed by atoms with Crippen molar-refractivity contribution in [3.63, 3.8) is 0 Å². The monoisotopic (exact) mass is 278 g/mol. The summed E-state index contributed by atoms with van der Waals surface area (Å²) in [5.74, 6) is 0.767. The van der Waals surface area contributed by atoms with Crippen LogP contribution in [-0.2, 0) is 6.54 Å². The number of rotatable bonds is 5. The minimum Gasteiger partial charge on any atom is -0.497 e. The fraction of sp³-hybridized carbons (Fsp3) is 0.250. The van der Waals surface area contributed by atoms with E-state index < -0.39 is 5.91 Å². The molecular formula is C12H14N4O4. The van der Waals surface area contributed by atoms with E-state index in [1.807, 2.05) is 0 Å². The Balaban J connectivity index is 2.10. The summed E-state index contributed by atoms with van der Waals surface area (Å²) in [5.41, 5.74) is 6.15. The fourth-order valence-corrected chi connectivity index (χ4v) is 1.63. The maximum Gasteiger partial charge on any atom is 0.277 e. The highest BCUT2D eigenvalue weighted by atomic mass is 16.6. The standard InChI is InChI=1S/C12H14N4O4/c1-18-8-3-4-9(19-2)7(5-8)6-14-12(17)10-11(13)16-20-15-10/h3-5H,6H2,1-2H3,(H2,13,16)(H,14,17). The van der Waals surface area contributed by atoms with Crippen molar-refractivity contribution < 1.29 is 18.9 Å². The van der Waals surface area contributed by atoms with Gasteiger partial charge in [-0.3, -0.25) is 4.79 Å². The Hall–Kier alpha value is -2.77. The van der Waals surface area contributed by atoms with E-state index in [0.29, 0.717) is 11.5 Å². The van der Waals surface area contributed by atoms with E-state index in [4.69, 9.17) is 15.2 Å². The quantitative estimate of drug-likeness (QED) is 0.823. The number of hydrogen-bond donors (Lipinski definition) is 2. The SMILES string of the molecule is COc1ccc(OC)c(CNC(=O)c2nonc2N)c1. The molecule has 1 amide bonds. The molecule has 0 fully saturated rings. The van der Waals surface area contributed by atoms with Crippen LogP contribution in [0.15, 0.2) is 22.8 Å². The van der Waals surface area contributed by atoms with E-state index >= 15 is 0 Å². The molecule has 0 radical (unpaired) electrons. The van der Waals surface area contributed by atoms with Gasteiger partial charge in [0.25, 0.3) is 5.91 Å². The number of nitrogen functional groups attached to an aromatic ring is 1. The number of ether oxygens (including phenoxy) is 2. The van der Waals surface area contributed by atoms with Gasteiger partial charge in [-0.1, -0.05) is 0 Å². The maximum absolute atomic E-state index is 11.8. The number of hydrogen-bond acceptors (Lipinski definition) is 7. The second-order valence-electron chi connectivity index (χ2n) is 3.86. The third kappa shape index (κ3) is 2.79. The molecule has 3 N–H and O–H groups in total. The van der Waals surface area contributed by atoms with Crippen molar-refractivity contribution in [2.75, 3.05) is 20.0 Å². The third-order valence-corrected chi connectivity index (χ3v) is 2.66. The summed E-state index contributed by atoms with van der Waals surface area (Å²) in [6, 6.07) is 5.29. The van der Waals surface area contributed by atoms with E-state index in [0.717, 1.165) is 5.56 Å². The molecule has 0 aliphatic carbocycles. The van der Waals surface area contributed by atoms with E-state index in [-0.39, 0.29) is 18.1 Å². The van der Waals surface area contributed by atoms with E-state index in [9.17, 15) is 4.79 Å². The van der Waals surface area contributed by atoms with Gasteiger partial charge < -0.3 is 20.5 Å². The second kappa shape index (κ2) is 5.91. The summed E-state index contributed by atoms with van der Waals surface area (Å²) in [6.45, 7) is 0.228. The number of carbonyl (C=O) groups excluding carboxylic acids is 1. The lowest BCUT2D eigenvalue weighted by molar-refractivity contribution is 0.0941. The summed E-state index contributed by atoms with van der Waals surface area (Å²) >= 11 is 0. The third-order valence-electron chi connectivity index (χ3n) is 2.66. The molecule has 0 saturated heterocycles. The first kappa shape index (κ1) is 13.7. The van der Waals surface area contributed by atoms with Crippen LogP contribution in [0, 0.1) is 0 Å². The molecule has 0 bridgehead atoms. The zero-order valence-corrected chi connectivity index (χ0v) is 11.0. The minimum atomic E-state index is -0.478. The molecular weight excluding hydrogens is 264 g/mol. The van der Waals surface area contributed by atoms with Gasteiger partial charge in [-0.25, -0.2) is 4.63 Å². The lowest BCUT2D eigenvalue weighted by atomic mass is 10.2. The van der Waals surface area contributed by atoms with Crippen LogP contribution >= 0.6 is 0 Å². The van der Waals surface area contributed by atoms with Gasteiger partial charge in [0.15, 0.2) is 0 Å². The molecule has 106 valence electrons. The maximum atomic E-state index is 11.8. The van der Waals surface area contributed by atoms with Crippen molar-refractivity contribution in [2.45, 2.75) is 6.54 Å². The Kier molecular flexibility index (Phi) is 4.04. The van der Waals surface area contributed by atoms with Crippen LogP contribution in [0.1, 0.15) is 16.1 Å². The molecule has 2 rings (SSSR count). The highest BCUT2D eigenvalue weighted by molar-refractivity contribution is 5.95. The van der Waals surface area contributed by atoms with Crippen molar-refractivity contribution in [1.29, 1.82) is 0 Å². The Morgan fingerprint density at radius 3 is 2.75 bits per heavy atom. The molecule has 0 spiro atoms. The first-order chi connectivity index (χ1) is 9.65. The first-order valence-electron chi connectivity index (χ1n) is 5.73. The minimum absolute atomic E-state index is 0.0492. The van der Waals surface area contributed by atoms with Gasteiger partial charge in [0.2, 0.25) is 11.5 Å². The molecule has 0 unspecified atom stereocenters. The largest absolute Gasteiger partial charge is 0.497 e. The average molecular weight is 278 g/mol. The number of carbonyl (C=O) groups is 1. The Morgan fingerprint density at radius 2 is 2.15 bits per heavy atom. The van der Waals surface area contributed by atoms with Gasteiger partial charge in [0, 0.05) is 12.1 Å². The van der Waals surface area contributed by atoms with Crippen molar-refractivity contribution in [1.82, 2.24) is 15.6 Å². The van der Waals surface area contributed by atoms with Crippen LogP contribution in [0.3, 0.4) is 0 Å². The summed E-state index contributed by atoms with van der Waals surface area (Å²) in [4.78, 5) is 11.8. The van der Waals surface area contributed by atoms with Crippen LogP contribution < -0.4 is 20.5 Å². The van der Waals surface area contributed by atoms with Crippen LogP contribution in [0.2, 0.25) is 0 Å². The number of methoxy groups -OCH3 is 2. The molecule has 1 aromatic carbocycles. The van der Waals surface area contributed by atoms with Crippen LogP contribution in [0.4, 0.5) is 5.82 Å². The average Bonchev–Trinajstić information content (AvgIpc) is 2.90. The van der Waals surface area contributed by atoms with Gasteiger partial charge in [-0.05, 0) is 28.5 Å². The predicted molar refractivity (Wildman–Crippen MR) is 69.4 cm³/mol. The molecule has 1 aromatic heterocycles. The molecule has 8 nitrogen and oxygen atoms in total. The lowest BCUT2D eigenvalue weighted by Crippen LogP contribution is -2.24. The number of nitrogens with zero attached hydrogens (tertiary/aromatic N) is 2. The Labute approximate surface area is 114 Å². The summed E-state index contributed by atoms with van der Waals surface area (Å²) in [7, 11) is 3.11. The van der Waals surface area contributed by atoms with Crippen molar-refractivity contribution in [3.8, 4) is 11.5 Å². The van der Waals surface area contributed by atoms with E-state index in [1.54, 1.807) is 32.4 Å². The summed E-state index contributed by atoms with van der Waals surface area (Å²) < 4.78 is 14.7. The fourth-order valence-electron chi connectivity index (χ4n) is 1.63. The zero-order valence-electron chi connectivity index (χ0n) is 11.0. The number of anilines is 1. The second-order valence-corrected chi connectivity index (χ2v) is 3.86. The van der Waals surface area contributed by atoms with Crippen molar-refractivity contribution in [2.24, 2.45) is 0 Å². The molecule has 20 heavy (non-hydrogen) atoms. The topological polar surface area (TPSA) is 112 Å². The van der Waals surface area contributed by atoms with Gasteiger partial charge >= 0.3 is 0 Å². The van der Waals surface area contributed by atoms with Gasteiger partial charge in [-0.15, -0.1) is 0 Å². The van der Waals surface area contributed by atoms with Crippen LogP contribution in [-0.4, -0.2) is 30.4 Å². The molecule has 0 atom stereocenters. The lowest BCUT2D eigenvalue weighted by Gasteiger charge is -2.10. The predicted octanol–water partition coefficient (Wildman–Crippen LogP) is 0.599. The zero-order chi connectivity index (χ0) is 14.5.